The third-order valence-electron chi connectivity index (χ3n) is 1.59. The number of hydrogen-bond donors (Lipinski definition) is 0. The number of carbonyl (C=O) groups is 1. The first-order valence-corrected chi connectivity index (χ1v) is 5.32. The van der Waals surface area contributed by atoms with Crippen molar-refractivity contribution in [2.75, 3.05) is 0 Å². The first kappa shape index (κ1) is 13.3. The Labute approximate surface area is 92.5 Å². The van der Waals surface area contributed by atoms with Gasteiger partial charge in [0.1, 0.15) is 11.6 Å². The largest absolute Gasteiger partial charge is 0.300 e. The standard InChI is InChI=1S/C6H4BrF.C5H10O/c7-5-1-3-6(8)4-2-5;1-3-5(6)4-2/h1-4H;3-4H2,1-2H3. The lowest BCUT2D eigenvalue weighted by molar-refractivity contribution is -0.118. The highest BCUT2D eigenvalue weighted by molar-refractivity contribution is 9.10. The Bertz CT molecular complexity index is 242. The van der Waals surface area contributed by atoms with Crippen LogP contribution in [-0.4, -0.2) is 5.78 Å². The predicted octanol–water partition coefficient (Wildman–Crippen LogP) is 3.96. The van der Waals surface area contributed by atoms with Crippen molar-refractivity contribution >= 4 is 21.7 Å². The summed E-state index contributed by atoms with van der Waals surface area (Å²) in [6.45, 7) is 3.76. The molecule has 1 aromatic rings. The fourth-order valence-electron chi connectivity index (χ4n) is 0.680. The highest BCUT2D eigenvalue weighted by Crippen LogP contribution is 2.08. The van der Waals surface area contributed by atoms with Gasteiger partial charge in [0.05, 0.1) is 0 Å². The van der Waals surface area contributed by atoms with Gasteiger partial charge in [-0.2, -0.15) is 0 Å². The van der Waals surface area contributed by atoms with Crippen LogP contribution in [0.5, 0.6) is 0 Å². The number of hydrogen-bond acceptors (Lipinski definition) is 1. The van der Waals surface area contributed by atoms with Gasteiger partial charge in [-0.3, -0.25) is 4.79 Å². The summed E-state index contributed by atoms with van der Waals surface area (Å²) in [5, 5.41) is 0. The van der Waals surface area contributed by atoms with E-state index >= 15 is 0 Å². The van der Waals surface area contributed by atoms with Crippen molar-refractivity contribution < 1.29 is 9.18 Å². The predicted molar refractivity (Wildman–Crippen MR) is 59.7 cm³/mol. The summed E-state index contributed by atoms with van der Waals surface area (Å²) in [6.07, 6.45) is 1.38. The van der Waals surface area contributed by atoms with Crippen molar-refractivity contribution in [2.24, 2.45) is 0 Å². The Morgan fingerprint density at radius 3 is 1.86 bits per heavy atom. The average Bonchev–Trinajstić information content (AvgIpc) is 2.22. The maximum Gasteiger partial charge on any atom is 0.132 e. The molecule has 0 amide bonds. The molecule has 0 radical (unpaired) electrons. The molecule has 0 aliphatic rings. The number of carbonyl (C=O) groups excluding carboxylic acids is 1. The summed E-state index contributed by atoms with van der Waals surface area (Å²) in [5.74, 6) is 0.142. The van der Waals surface area contributed by atoms with Gasteiger partial charge in [0.25, 0.3) is 0 Å². The molecular weight excluding hydrogens is 247 g/mol. The average molecular weight is 261 g/mol. The van der Waals surface area contributed by atoms with Gasteiger partial charge < -0.3 is 0 Å². The minimum atomic E-state index is -0.201. The number of Topliss-reactive ketones (excluding diaryl/α,β-unsaturated/α-hetero) is 1. The van der Waals surface area contributed by atoms with Crippen molar-refractivity contribution in [1.82, 2.24) is 0 Å². The summed E-state index contributed by atoms with van der Waals surface area (Å²) < 4.78 is 13.0. The quantitative estimate of drug-likeness (QED) is 0.787. The Balaban J connectivity index is 0.000000255. The number of rotatable bonds is 2. The van der Waals surface area contributed by atoms with E-state index in [1.54, 1.807) is 12.1 Å². The lowest BCUT2D eigenvalue weighted by atomic mass is 10.3. The lowest BCUT2D eigenvalue weighted by Gasteiger charge is -1.85. The molecule has 0 unspecified atom stereocenters. The molecule has 0 saturated carbocycles. The molecular formula is C11H14BrFO. The SMILES string of the molecule is CCC(=O)CC.Fc1ccc(Br)cc1. The van der Waals surface area contributed by atoms with Crippen molar-refractivity contribution in [3.05, 3.63) is 34.6 Å². The topological polar surface area (TPSA) is 17.1 Å². The van der Waals surface area contributed by atoms with E-state index in [9.17, 15) is 9.18 Å². The van der Waals surface area contributed by atoms with E-state index < -0.39 is 0 Å². The Hall–Kier alpha value is -0.700. The van der Waals surface area contributed by atoms with E-state index in [-0.39, 0.29) is 5.82 Å². The van der Waals surface area contributed by atoms with Gasteiger partial charge >= 0.3 is 0 Å². The van der Waals surface area contributed by atoms with Crippen LogP contribution in [0.2, 0.25) is 0 Å². The van der Waals surface area contributed by atoms with Crippen molar-refractivity contribution in [2.45, 2.75) is 26.7 Å². The monoisotopic (exact) mass is 260 g/mol. The minimum absolute atomic E-state index is 0.201. The molecule has 0 aliphatic heterocycles. The van der Waals surface area contributed by atoms with Crippen molar-refractivity contribution in [3.8, 4) is 0 Å². The van der Waals surface area contributed by atoms with Crippen molar-refractivity contribution in [1.29, 1.82) is 0 Å². The van der Waals surface area contributed by atoms with Gasteiger partial charge in [0, 0.05) is 17.3 Å². The molecule has 1 rings (SSSR count). The van der Waals surface area contributed by atoms with Crippen LogP contribution in [0, 0.1) is 5.82 Å². The zero-order valence-corrected chi connectivity index (χ0v) is 9.97. The number of halogens is 2. The fraction of sp³-hybridized carbons (Fsp3) is 0.364. The van der Waals surface area contributed by atoms with E-state index in [0.717, 1.165) is 4.47 Å². The highest BCUT2D eigenvalue weighted by Gasteiger charge is 1.86. The summed E-state index contributed by atoms with van der Waals surface area (Å²) in [6, 6.07) is 6.14. The van der Waals surface area contributed by atoms with E-state index in [2.05, 4.69) is 15.9 Å². The summed E-state index contributed by atoms with van der Waals surface area (Å²) in [5.41, 5.74) is 0. The van der Waals surface area contributed by atoms with Gasteiger partial charge in [-0.25, -0.2) is 4.39 Å². The third kappa shape index (κ3) is 6.78. The smallest absolute Gasteiger partial charge is 0.132 e. The Morgan fingerprint density at radius 2 is 1.64 bits per heavy atom. The van der Waals surface area contributed by atoms with E-state index in [4.69, 9.17) is 0 Å². The van der Waals surface area contributed by atoms with Gasteiger partial charge in [0.15, 0.2) is 0 Å². The maximum atomic E-state index is 12.1. The summed E-state index contributed by atoms with van der Waals surface area (Å²) >= 11 is 3.18. The number of ketones is 1. The number of benzene rings is 1. The van der Waals surface area contributed by atoms with Crippen LogP contribution in [0.3, 0.4) is 0 Å². The first-order valence-electron chi connectivity index (χ1n) is 4.52. The maximum absolute atomic E-state index is 12.1. The van der Waals surface area contributed by atoms with E-state index in [1.165, 1.54) is 12.1 Å². The fourth-order valence-corrected chi connectivity index (χ4v) is 0.944. The van der Waals surface area contributed by atoms with Gasteiger partial charge in [-0.05, 0) is 24.3 Å². The zero-order chi connectivity index (χ0) is 11.0. The molecule has 14 heavy (non-hydrogen) atoms. The summed E-state index contributed by atoms with van der Waals surface area (Å²) in [4.78, 5) is 10.2. The van der Waals surface area contributed by atoms with E-state index in [1.807, 2.05) is 13.8 Å². The van der Waals surface area contributed by atoms with Crippen molar-refractivity contribution in [3.63, 3.8) is 0 Å². The first-order chi connectivity index (χ1) is 6.60. The summed E-state index contributed by atoms with van der Waals surface area (Å²) in [7, 11) is 0. The molecule has 0 saturated heterocycles. The van der Waals surface area contributed by atoms with Crippen LogP contribution in [-0.2, 0) is 4.79 Å². The molecule has 0 atom stereocenters. The Kier molecular flexibility index (Phi) is 7.30. The molecule has 0 fully saturated rings. The lowest BCUT2D eigenvalue weighted by Crippen LogP contribution is -1.88. The van der Waals surface area contributed by atoms with Crippen LogP contribution in [0.1, 0.15) is 26.7 Å². The van der Waals surface area contributed by atoms with Crippen LogP contribution in [0.25, 0.3) is 0 Å². The second-order valence-electron chi connectivity index (χ2n) is 2.68. The minimum Gasteiger partial charge on any atom is -0.300 e. The molecule has 0 bridgehead atoms. The van der Waals surface area contributed by atoms with Gasteiger partial charge in [-0.1, -0.05) is 29.8 Å². The van der Waals surface area contributed by atoms with Crippen LogP contribution in [0.4, 0.5) is 4.39 Å². The molecule has 1 nitrogen and oxygen atoms in total. The second-order valence-corrected chi connectivity index (χ2v) is 3.60. The zero-order valence-electron chi connectivity index (χ0n) is 8.39. The molecule has 0 spiro atoms. The van der Waals surface area contributed by atoms with E-state index in [0.29, 0.717) is 18.6 Å². The molecule has 0 heterocycles. The normalized spacial score (nSPS) is 8.86. The van der Waals surface area contributed by atoms with Gasteiger partial charge in [0.2, 0.25) is 0 Å². The Morgan fingerprint density at radius 1 is 1.21 bits per heavy atom. The molecule has 0 N–H and O–H groups in total. The molecule has 0 aromatic heterocycles. The molecule has 0 aliphatic carbocycles. The van der Waals surface area contributed by atoms with Crippen LogP contribution in [0.15, 0.2) is 28.7 Å². The van der Waals surface area contributed by atoms with Gasteiger partial charge in [-0.15, -0.1) is 0 Å². The van der Waals surface area contributed by atoms with Crippen LogP contribution >= 0.6 is 15.9 Å². The molecule has 3 heteroatoms. The highest BCUT2D eigenvalue weighted by atomic mass is 79.9. The molecule has 78 valence electrons. The third-order valence-corrected chi connectivity index (χ3v) is 2.12. The van der Waals surface area contributed by atoms with Crippen LogP contribution < -0.4 is 0 Å². The molecule has 1 aromatic carbocycles. The second kappa shape index (κ2) is 7.68.